The Kier molecular flexibility index (Phi) is 6.20. The van der Waals surface area contributed by atoms with E-state index in [1.165, 1.54) is 5.56 Å². The van der Waals surface area contributed by atoms with Crippen molar-refractivity contribution in [1.82, 2.24) is 5.32 Å². The molecule has 0 aliphatic heterocycles. The highest BCUT2D eigenvalue weighted by Crippen LogP contribution is 2.16. The second-order valence-corrected chi connectivity index (χ2v) is 7.93. The van der Waals surface area contributed by atoms with Gasteiger partial charge in [-0.25, -0.2) is 8.42 Å². The smallest absolute Gasteiger partial charge is 0.258 e. The highest BCUT2D eigenvalue weighted by Gasteiger charge is 2.12. The SMILES string of the molecule is CCc1ccc(OCC(=O)N[C@@H](C)c2ccc(S(C)(=O)=O)cc2)cc1. The number of benzene rings is 2. The van der Waals surface area contributed by atoms with E-state index in [-0.39, 0.29) is 23.5 Å². The van der Waals surface area contributed by atoms with E-state index in [1.807, 2.05) is 31.2 Å². The average molecular weight is 361 g/mol. The van der Waals surface area contributed by atoms with E-state index in [0.29, 0.717) is 5.75 Å². The third-order valence-corrected chi connectivity index (χ3v) is 5.02. The van der Waals surface area contributed by atoms with Gasteiger partial charge in [0.1, 0.15) is 5.75 Å². The molecule has 0 aliphatic carbocycles. The fraction of sp³-hybridized carbons (Fsp3) is 0.316. The molecule has 0 spiro atoms. The average Bonchev–Trinajstić information content (AvgIpc) is 2.59. The molecule has 0 saturated heterocycles. The lowest BCUT2D eigenvalue weighted by Crippen LogP contribution is -2.31. The zero-order valence-electron chi connectivity index (χ0n) is 14.7. The fourth-order valence-corrected chi connectivity index (χ4v) is 2.97. The van der Waals surface area contributed by atoms with Crippen LogP contribution in [0.15, 0.2) is 53.4 Å². The fourth-order valence-electron chi connectivity index (χ4n) is 2.34. The molecule has 0 fully saturated rings. The number of nitrogens with one attached hydrogen (secondary N) is 1. The minimum absolute atomic E-state index is 0.0722. The van der Waals surface area contributed by atoms with Crippen LogP contribution >= 0.6 is 0 Å². The van der Waals surface area contributed by atoms with Crippen molar-refractivity contribution in [3.63, 3.8) is 0 Å². The first kappa shape index (κ1) is 19.0. The predicted octanol–water partition coefficient (Wildman–Crippen LogP) is 2.91. The molecule has 0 heterocycles. The summed E-state index contributed by atoms with van der Waals surface area (Å²) in [7, 11) is -3.22. The molecule has 2 aromatic carbocycles. The maximum Gasteiger partial charge on any atom is 0.258 e. The van der Waals surface area contributed by atoms with Gasteiger partial charge in [-0.05, 0) is 48.7 Å². The van der Waals surface area contributed by atoms with Crippen LogP contribution in [0.25, 0.3) is 0 Å². The van der Waals surface area contributed by atoms with Crippen LogP contribution in [-0.2, 0) is 21.1 Å². The number of ether oxygens (including phenoxy) is 1. The number of carbonyl (C=O) groups is 1. The first-order valence-corrected chi connectivity index (χ1v) is 10.00. The summed E-state index contributed by atoms with van der Waals surface area (Å²) in [5, 5.41) is 2.83. The van der Waals surface area contributed by atoms with E-state index in [4.69, 9.17) is 4.74 Å². The van der Waals surface area contributed by atoms with Crippen molar-refractivity contribution in [2.24, 2.45) is 0 Å². The second-order valence-electron chi connectivity index (χ2n) is 5.92. The topological polar surface area (TPSA) is 72.5 Å². The first-order chi connectivity index (χ1) is 11.8. The molecule has 0 aromatic heterocycles. The Morgan fingerprint density at radius 1 is 1.08 bits per heavy atom. The lowest BCUT2D eigenvalue weighted by atomic mass is 10.1. The molecule has 2 aromatic rings. The summed E-state index contributed by atoms with van der Waals surface area (Å²) >= 11 is 0. The summed E-state index contributed by atoms with van der Waals surface area (Å²) in [6.07, 6.45) is 2.12. The molecule has 1 N–H and O–H groups in total. The number of rotatable bonds is 7. The zero-order chi connectivity index (χ0) is 18.4. The summed E-state index contributed by atoms with van der Waals surface area (Å²) in [4.78, 5) is 12.3. The summed E-state index contributed by atoms with van der Waals surface area (Å²) in [6.45, 7) is 3.84. The van der Waals surface area contributed by atoms with Crippen LogP contribution in [0.4, 0.5) is 0 Å². The summed E-state index contributed by atoms with van der Waals surface area (Å²) in [5.74, 6) is 0.414. The molecular weight excluding hydrogens is 338 g/mol. The quantitative estimate of drug-likeness (QED) is 0.823. The van der Waals surface area contributed by atoms with E-state index in [9.17, 15) is 13.2 Å². The van der Waals surface area contributed by atoms with Crippen LogP contribution in [0.2, 0.25) is 0 Å². The van der Waals surface area contributed by atoms with Crippen molar-refractivity contribution in [3.8, 4) is 5.75 Å². The molecule has 0 saturated carbocycles. The number of amides is 1. The minimum atomic E-state index is -3.22. The van der Waals surface area contributed by atoms with Gasteiger partial charge in [0, 0.05) is 6.26 Å². The predicted molar refractivity (Wildman–Crippen MR) is 97.4 cm³/mol. The minimum Gasteiger partial charge on any atom is -0.484 e. The van der Waals surface area contributed by atoms with Crippen molar-refractivity contribution < 1.29 is 17.9 Å². The molecule has 2 rings (SSSR count). The van der Waals surface area contributed by atoms with E-state index < -0.39 is 9.84 Å². The van der Waals surface area contributed by atoms with Gasteiger partial charge >= 0.3 is 0 Å². The van der Waals surface area contributed by atoms with Gasteiger partial charge in [0.2, 0.25) is 0 Å². The Balaban J connectivity index is 1.88. The molecule has 0 bridgehead atoms. The van der Waals surface area contributed by atoms with Gasteiger partial charge in [-0.15, -0.1) is 0 Å². The molecule has 1 atom stereocenters. The molecule has 25 heavy (non-hydrogen) atoms. The van der Waals surface area contributed by atoms with Gasteiger partial charge in [-0.2, -0.15) is 0 Å². The molecule has 6 heteroatoms. The number of hydrogen-bond acceptors (Lipinski definition) is 4. The Bertz CT molecular complexity index is 812. The number of carbonyl (C=O) groups excluding carboxylic acids is 1. The second kappa shape index (κ2) is 8.16. The van der Waals surface area contributed by atoms with E-state index in [2.05, 4.69) is 12.2 Å². The van der Waals surface area contributed by atoms with Gasteiger partial charge in [-0.1, -0.05) is 31.2 Å². The highest BCUT2D eigenvalue weighted by molar-refractivity contribution is 7.90. The zero-order valence-corrected chi connectivity index (χ0v) is 15.5. The van der Waals surface area contributed by atoms with Crippen LogP contribution in [0, 0.1) is 0 Å². The van der Waals surface area contributed by atoms with Crippen molar-refractivity contribution in [2.45, 2.75) is 31.2 Å². The monoisotopic (exact) mass is 361 g/mol. The van der Waals surface area contributed by atoms with Crippen LogP contribution < -0.4 is 10.1 Å². The van der Waals surface area contributed by atoms with Gasteiger partial charge in [0.15, 0.2) is 16.4 Å². The highest BCUT2D eigenvalue weighted by atomic mass is 32.2. The summed E-state index contributed by atoms with van der Waals surface area (Å²) < 4.78 is 28.4. The van der Waals surface area contributed by atoms with Crippen molar-refractivity contribution in [2.75, 3.05) is 12.9 Å². The van der Waals surface area contributed by atoms with Gasteiger partial charge in [-0.3, -0.25) is 4.79 Å². The number of hydrogen-bond donors (Lipinski definition) is 1. The lowest BCUT2D eigenvalue weighted by molar-refractivity contribution is -0.123. The van der Waals surface area contributed by atoms with E-state index in [1.54, 1.807) is 24.3 Å². The lowest BCUT2D eigenvalue weighted by Gasteiger charge is -2.15. The molecule has 5 nitrogen and oxygen atoms in total. The van der Waals surface area contributed by atoms with Crippen LogP contribution in [0.3, 0.4) is 0 Å². The Morgan fingerprint density at radius 2 is 1.68 bits per heavy atom. The Labute approximate surface area is 148 Å². The molecule has 0 unspecified atom stereocenters. The third-order valence-electron chi connectivity index (χ3n) is 3.89. The van der Waals surface area contributed by atoms with Gasteiger partial charge in [0.05, 0.1) is 10.9 Å². The molecular formula is C19H23NO4S. The van der Waals surface area contributed by atoms with Crippen molar-refractivity contribution in [3.05, 3.63) is 59.7 Å². The van der Waals surface area contributed by atoms with Gasteiger partial charge in [0.25, 0.3) is 5.91 Å². The Morgan fingerprint density at radius 3 is 2.20 bits per heavy atom. The van der Waals surface area contributed by atoms with Crippen molar-refractivity contribution >= 4 is 15.7 Å². The Hall–Kier alpha value is -2.34. The molecule has 1 amide bonds. The maximum absolute atomic E-state index is 12.0. The van der Waals surface area contributed by atoms with Gasteiger partial charge < -0.3 is 10.1 Å². The molecule has 0 aliphatic rings. The number of aryl methyl sites for hydroxylation is 1. The summed E-state index contributed by atoms with van der Waals surface area (Å²) in [5.41, 5.74) is 2.04. The maximum atomic E-state index is 12.0. The van der Waals surface area contributed by atoms with E-state index >= 15 is 0 Å². The third kappa shape index (κ3) is 5.60. The van der Waals surface area contributed by atoms with Crippen LogP contribution in [-0.4, -0.2) is 27.2 Å². The molecule has 0 radical (unpaired) electrons. The van der Waals surface area contributed by atoms with Crippen molar-refractivity contribution in [1.29, 1.82) is 0 Å². The number of sulfone groups is 1. The standard InChI is InChI=1S/C19H23NO4S/c1-4-15-5-9-17(10-6-15)24-13-19(21)20-14(2)16-7-11-18(12-8-16)25(3,22)23/h5-12,14H,4,13H2,1-3H3,(H,20,21)/t14-/m0/s1. The first-order valence-electron chi connectivity index (χ1n) is 8.10. The van der Waals surface area contributed by atoms with E-state index in [0.717, 1.165) is 18.2 Å². The summed E-state index contributed by atoms with van der Waals surface area (Å²) in [6, 6.07) is 13.9. The largest absolute Gasteiger partial charge is 0.484 e. The normalized spacial score (nSPS) is 12.4. The van der Waals surface area contributed by atoms with Crippen LogP contribution in [0.5, 0.6) is 5.75 Å². The van der Waals surface area contributed by atoms with Crippen LogP contribution in [0.1, 0.15) is 31.0 Å². The molecule has 134 valence electrons.